The van der Waals surface area contributed by atoms with Crippen LogP contribution in [0.4, 0.5) is 5.13 Å². The number of amides is 1. The summed E-state index contributed by atoms with van der Waals surface area (Å²) in [7, 11) is 0. The van der Waals surface area contributed by atoms with E-state index in [1.165, 1.54) is 18.4 Å². The van der Waals surface area contributed by atoms with Gasteiger partial charge in [-0.2, -0.15) is 0 Å². The smallest absolute Gasteiger partial charge is 0.263 e. The van der Waals surface area contributed by atoms with Crippen molar-refractivity contribution in [2.24, 2.45) is 0 Å². The molecule has 0 aliphatic carbocycles. The van der Waals surface area contributed by atoms with E-state index in [9.17, 15) is 4.79 Å². The predicted molar refractivity (Wildman–Crippen MR) is 157 cm³/mol. The average Bonchev–Trinajstić information content (AvgIpc) is 3.58. The van der Waals surface area contributed by atoms with Gasteiger partial charge in [0.15, 0.2) is 11.2 Å². The van der Waals surface area contributed by atoms with Gasteiger partial charge in [-0.05, 0) is 56.1 Å². The van der Waals surface area contributed by atoms with E-state index in [0.717, 1.165) is 60.3 Å². The fourth-order valence-electron chi connectivity index (χ4n) is 5.19. The van der Waals surface area contributed by atoms with Crippen molar-refractivity contribution in [1.82, 2.24) is 19.7 Å². The highest BCUT2D eigenvalue weighted by atomic mass is 79.9. The molecule has 0 bridgehead atoms. The Kier molecular flexibility index (Phi) is 9.32. The van der Waals surface area contributed by atoms with Crippen molar-refractivity contribution in [2.75, 3.05) is 44.6 Å². The number of anilines is 1. The van der Waals surface area contributed by atoms with Crippen molar-refractivity contribution in [3.05, 3.63) is 75.7 Å². The minimum Gasteiger partial charge on any atom is -0.481 e. The Bertz CT molecular complexity index is 1170. The third kappa shape index (κ3) is 7.34. The van der Waals surface area contributed by atoms with Crippen LogP contribution in [0, 0.1) is 0 Å². The average molecular weight is 599 g/mol. The van der Waals surface area contributed by atoms with Crippen LogP contribution in [0.25, 0.3) is 0 Å². The fourth-order valence-corrected chi connectivity index (χ4v) is 6.17. The summed E-state index contributed by atoms with van der Waals surface area (Å²) in [5.41, 5.74) is 2.45. The number of rotatable bonds is 10. The van der Waals surface area contributed by atoms with Crippen LogP contribution in [-0.4, -0.2) is 77.0 Å². The minimum atomic E-state index is -0.484. The first kappa shape index (κ1) is 27.1. The monoisotopic (exact) mass is 597 g/mol. The summed E-state index contributed by atoms with van der Waals surface area (Å²) in [6.07, 6.45) is 1.99. The number of carbonyl (C=O) groups is 1. The molecule has 38 heavy (non-hydrogen) atoms. The van der Waals surface area contributed by atoms with E-state index in [2.05, 4.69) is 60.7 Å². The Morgan fingerprint density at radius 2 is 1.84 bits per heavy atom. The molecule has 3 heterocycles. The van der Waals surface area contributed by atoms with Gasteiger partial charge in [-0.15, -0.1) is 11.3 Å². The second-order valence-electron chi connectivity index (χ2n) is 10.1. The zero-order valence-electron chi connectivity index (χ0n) is 21.9. The number of para-hydroxylation sites is 1. The van der Waals surface area contributed by atoms with Crippen LogP contribution in [-0.2, 0) is 17.9 Å². The second-order valence-corrected chi connectivity index (χ2v) is 11.9. The molecular weight excluding hydrogens is 562 g/mol. The van der Waals surface area contributed by atoms with Gasteiger partial charge in [0.1, 0.15) is 5.75 Å². The van der Waals surface area contributed by atoms with Gasteiger partial charge in [0.05, 0.1) is 5.69 Å². The van der Waals surface area contributed by atoms with Crippen molar-refractivity contribution >= 4 is 38.3 Å². The molecule has 2 atom stereocenters. The van der Waals surface area contributed by atoms with Gasteiger partial charge in [0.2, 0.25) is 0 Å². The second kappa shape index (κ2) is 13.1. The maximum absolute atomic E-state index is 12.8. The van der Waals surface area contributed by atoms with Crippen molar-refractivity contribution < 1.29 is 9.53 Å². The number of nitrogens with one attached hydrogen (secondary N) is 1. The summed E-state index contributed by atoms with van der Waals surface area (Å²) in [6, 6.07) is 18.7. The van der Waals surface area contributed by atoms with E-state index in [-0.39, 0.29) is 5.91 Å². The van der Waals surface area contributed by atoms with Gasteiger partial charge in [-0.3, -0.25) is 14.6 Å². The number of thiazole rings is 1. The molecule has 2 saturated heterocycles. The number of benzene rings is 2. The molecular formula is C29H36BrN5O2S. The summed E-state index contributed by atoms with van der Waals surface area (Å²) in [5, 5.41) is 6.75. The normalized spacial score (nSPS) is 19.4. The third-order valence-corrected chi connectivity index (χ3v) is 8.69. The molecule has 0 radical (unpaired) electrons. The lowest BCUT2D eigenvalue weighted by Gasteiger charge is -2.35. The molecule has 1 unspecified atom stereocenters. The van der Waals surface area contributed by atoms with Crippen LogP contribution in [0.3, 0.4) is 0 Å². The van der Waals surface area contributed by atoms with Crippen LogP contribution >= 0.6 is 27.3 Å². The summed E-state index contributed by atoms with van der Waals surface area (Å²) in [6.45, 7) is 8.83. The number of aromatic nitrogens is 1. The summed E-state index contributed by atoms with van der Waals surface area (Å²) >= 11 is 5.21. The predicted octanol–water partition coefficient (Wildman–Crippen LogP) is 5.09. The van der Waals surface area contributed by atoms with Gasteiger partial charge >= 0.3 is 0 Å². The maximum atomic E-state index is 12.8. The van der Waals surface area contributed by atoms with Gasteiger partial charge in [-0.1, -0.05) is 46.3 Å². The molecule has 2 aromatic carbocycles. The lowest BCUT2D eigenvalue weighted by Crippen LogP contribution is -2.51. The molecule has 2 fully saturated rings. The molecule has 0 saturated carbocycles. The van der Waals surface area contributed by atoms with Gasteiger partial charge in [0, 0.05) is 61.7 Å². The van der Waals surface area contributed by atoms with Crippen molar-refractivity contribution in [3.63, 3.8) is 0 Å². The van der Waals surface area contributed by atoms with Gasteiger partial charge in [-0.25, -0.2) is 4.98 Å². The Morgan fingerprint density at radius 1 is 1.08 bits per heavy atom. The largest absolute Gasteiger partial charge is 0.481 e. The number of nitrogens with zero attached hydrogens (tertiary/aromatic N) is 4. The maximum Gasteiger partial charge on any atom is 0.263 e. The molecule has 3 aromatic rings. The highest BCUT2D eigenvalue weighted by molar-refractivity contribution is 9.10. The zero-order valence-corrected chi connectivity index (χ0v) is 24.3. The van der Waals surface area contributed by atoms with Crippen LogP contribution in [0.1, 0.15) is 31.0 Å². The van der Waals surface area contributed by atoms with Crippen LogP contribution in [0.5, 0.6) is 5.75 Å². The molecule has 1 amide bonds. The Labute approximate surface area is 237 Å². The SMILES string of the molecule is CC(Oc1ccccc1)C(=O)N1CCN(Cc2csc(NC[C@@H]3CCCN3Cc3ccc(Br)cc3)n2)CC1. The van der Waals surface area contributed by atoms with E-state index < -0.39 is 6.10 Å². The molecule has 9 heteroatoms. The first-order chi connectivity index (χ1) is 18.5. The molecule has 1 aromatic heterocycles. The Morgan fingerprint density at radius 3 is 2.61 bits per heavy atom. The van der Waals surface area contributed by atoms with Crippen molar-refractivity contribution in [3.8, 4) is 5.75 Å². The van der Waals surface area contributed by atoms with Gasteiger partial charge < -0.3 is 15.0 Å². The van der Waals surface area contributed by atoms with Crippen LogP contribution in [0.15, 0.2) is 64.5 Å². The highest BCUT2D eigenvalue weighted by Gasteiger charge is 2.27. The van der Waals surface area contributed by atoms with Crippen LogP contribution in [0.2, 0.25) is 0 Å². The summed E-state index contributed by atoms with van der Waals surface area (Å²) in [4.78, 5) is 24.6. The minimum absolute atomic E-state index is 0.0507. The quantitative estimate of drug-likeness (QED) is 0.351. The Balaban J connectivity index is 1.04. The number of hydrogen-bond acceptors (Lipinski definition) is 7. The first-order valence-electron chi connectivity index (χ1n) is 13.4. The van der Waals surface area contributed by atoms with Gasteiger partial charge in [0.25, 0.3) is 5.91 Å². The van der Waals surface area contributed by atoms with Crippen LogP contribution < -0.4 is 10.1 Å². The number of halogens is 1. The molecule has 202 valence electrons. The molecule has 5 rings (SSSR count). The van der Waals surface area contributed by atoms with E-state index in [4.69, 9.17) is 9.72 Å². The number of piperazine rings is 1. The number of likely N-dealkylation sites (tertiary alicyclic amines) is 1. The van der Waals surface area contributed by atoms with E-state index >= 15 is 0 Å². The fraction of sp³-hybridized carbons (Fsp3) is 0.448. The molecule has 7 nitrogen and oxygen atoms in total. The molecule has 0 spiro atoms. The van der Waals surface area contributed by atoms with Crippen molar-refractivity contribution in [1.29, 1.82) is 0 Å². The first-order valence-corrected chi connectivity index (χ1v) is 15.1. The van der Waals surface area contributed by atoms with E-state index in [1.807, 2.05) is 42.2 Å². The third-order valence-electron chi connectivity index (χ3n) is 7.31. The summed E-state index contributed by atoms with van der Waals surface area (Å²) < 4.78 is 6.95. The Hall–Kier alpha value is -2.46. The topological polar surface area (TPSA) is 60.9 Å². The number of carbonyl (C=O) groups excluding carboxylic acids is 1. The zero-order chi connectivity index (χ0) is 26.3. The highest BCUT2D eigenvalue weighted by Crippen LogP contribution is 2.23. The summed E-state index contributed by atoms with van der Waals surface area (Å²) in [5.74, 6) is 0.778. The molecule has 2 aliphatic heterocycles. The standard InChI is InChI=1S/C29H36BrN5O2S/c1-22(37-27-7-3-2-4-8-27)28(36)34-16-14-33(15-17-34)20-25-21-38-29(32-25)31-18-26-6-5-13-35(26)19-23-9-11-24(30)12-10-23/h2-4,7-12,21-22,26H,5-6,13-20H2,1H3,(H,31,32)/t22?,26-/m0/s1. The molecule has 2 aliphatic rings. The molecule has 1 N–H and O–H groups in total. The van der Waals surface area contributed by atoms with E-state index in [1.54, 1.807) is 11.3 Å². The number of ether oxygens (including phenoxy) is 1. The number of hydrogen-bond donors (Lipinski definition) is 1. The lowest BCUT2D eigenvalue weighted by atomic mass is 10.2. The van der Waals surface area contributed by atoms with E-state index in [0.29, 0.717) is 19.1 Å². The lowest BCUT2D eigenvalue weighted by molar-refractivity contribution is -0.139. The van der Waals surface area contributed by atoms with Crippen molar-refractivity contribution in [2.45, 2.75) is 45.0 Å².